The van der Waals surface area contributed by atoms with Crippen LogP contribution in [0.4, 0.5) is 14.5 Å². The quantitative estimate of drug-likeness (QED) is 0.666. The van der Waals surface area contributed by atoms with E-state index in [1.165, 1.54) is 10.6 Å². The first-order chi connectivity index (χ1) is 14.5. The number of nitrogens with two attached hydrogens (primary N) is 1. The summed E-state index contributed by atoms with van der Waals surface area (Å²) in [5.74, 6) is 6.90. The Kier molecular flexibility index (Phi) is 5.25. The molecular weight excluding hydrogens is 392 g/mol. The van der Waals surface area contributed by atoms with E-state index in [2.05, 4.69) is 21.8 Å². The number of benzene rings is 1. The second kappa shape index (κ2) is 8.00. The Labute approximate surface area is 171 Å². The van der Waals surface area contributed by atoms with Crippen molar-refractivity contribution in [2.24, 2.45) is 5.73 Å². The molecule has 0 amide bonds. The average Bonchev–Trinajstić information content (AvgIpc) is 3.05. The van der Waals surface area contributed by atoms with Gasteiger partial charge in [0.2, 0.25) is 0 Å². The molecule has 3 heterocycles. The molecule has 7 nitrogen and oxygen atoms in total. The van der Waals surface area contributed by atoms with E-state index in [0.717, 1.165) is 28.2 Å². The predicted octanol–water partition coefficient (Wildman–Crippen LogP) is 1.83. The van der Waals surface area contributed by atoms with Gasteiger partial charge < -0.3 is 15.4 Å². The number of hydrogen-bond acceptors (Lipinski definition) is 5. The Morgan fingerprint density at radius 1 is 1.23 bits per heavy atom. The van der Waals surface area contributed by atoms with Crippen molar-refractivity contribution in [2.45, 2.75) is 6.54 Å². The van der Waals surface area contributed by atoms with Crippen LogP contribution in [-0.4, -0.2) is 40.9 Å². The Bertz CT molecular complexity index is 1260. The van der Waals surface area contributed by atoms with Gasteiger partial charge in [0, 0.05) is 36.5 Å². The smallest absolute Gasteiger partial charge is 0.350 e. The van der Waals surface area contributed by atoms with Crippen molar-refractivity contribution in [3.05, 3.63) is 69.8 Å². The fourth-order valence-corrected chi connectivity index (χ4v) is 3.16. The monoisotopic (exact) mass is 411 g/mol. The number of pyridine rings is 1. The van der Waals surface area contributed by atoms with Crippen molar-refractivity contribution < 1.29 is 13.5 Å². The van der Waals surface area contributed by atoms with Gasteiger partial charge in [-0.15, -0.1) is 5.10 Å². The Hall–Kier alpha value is -3.64. The molecule has 1 aliphatic heterocycles. The molecule has 0 unspecified atom stereocenters. The van der Waals surface area contributed by atoms with E-state index in [0.29, 0.717) is 17.8 Å². The van der Waals surface area contributed by atoms with Gasteiger partial charge in [0.25, 0.3) is 6.08 Å². The Morgan fingerprint density at radius 3 is 2.73 bits per heavy atom. The summed E-state index contributed by atoms with van der Waals surface area (Å²) in [5.41, 5.74) is 7.24. The number of aromatic nitrogens is 3. The highest BCUT2D eigenvalue weighted by atomic mass is 19.3. The summed E-state index contributed by atoms with van der Waals surface area (Å²) in [7, 11) is 2.01. The number of nitrogens with zero attached hydrogens (tertiary/aromatic N) is 4. The summed E-state index contributed by atoms with van der Waals surface area (Å²) < 4.78 is 33.6. The molecule has 154 valence electrons. The van der Waals surface area contributed by atoms with Crippen LogP contribution in [0.5, 0.6) is 5.75 Å². The minimum Gasteiger partial charge on any atom is -0.490 e. The second-order valence-corrected chi connectivity index (χ2v) is 6.85. The van der Waals surface area contributed by atoms with Crippen LogP contribution in [-0.2, 0) is 6.54 Å². The van der Waals surface area contributed by atoms with Crippen molar-refractivity contribution >= 4 is 11.3 Å². The van der Waals surface area contributed by atoms with Gasteiger partial charge in [0.15, 0.2) is 5.65 Å². The minimum atomic E-state index is -1.90. The molecule has 3 aromatic rings. The molecule has 30 heavy (non-hydrogen) atoms. The number of anilines is 1. The van der Waals surface area contributed by atoms with Crippen molar-refractivity contribution in [3.8, 4) is 17.6 Å². The van der Waals surface area contributed by atoms with Crippen molar-refractivity contribution in [3.63, 3.8) is 0 Å². The third-order valence-corrected chi connectivity index (χ3v) is 4.85. The van der Waals surface area contributed by atoms with Gasteiger partial charge in [0.05, 0.1) is 18.8 Å². The molecule has 0 bridgehead atoms. The molecule has 0 fully saturated rings. The van der Waals surface area contributed by atoms with Crippen LogP contribution in [0.2, 0.25) is 0 Å². The summed E-state index contributed by atoms with van der Waals surface area (Å²) in [6, 6.07) is 9.08. The summed E-state index contributed by atoms with van der Waals surface area (Å²) in [4.78, 5) is 14.5. The van der Waals surface area contributed by atoms with Gasteiger partial charge in [-0.1, -0.05) is 11.8 Å². The third kappa shape index (κ3) is 3.77. The molecule has 0 aliphatic carbocycles. The normalized spacial score (nSPS) is 12.7. The largest absolute Gasteiger partial charge is 0.490 e. The molecule has 0 saturated heterocycles. The number of fused-ring (bicyclic) bond motifs is 2. The summed E-state index contributed by atoms with van der Waals surface area (Å²) in [5, 5.41) is 4.11. The lowest BCUT2D eigenvalue weighted by Gasteiger charge is -2.27. The average molecular weight is 411 g/mol. The van der Waals surface area contributed by atoms with E-state index in [9.17, 15) is 13.6 Å². The number of likely N-dealkylation sites (N-methyl/N-ethyl adjacent to an activating group) is 1. The molecule has 4 rings (SSSR count). The maximum Gasteiger partial charge on any atom is 0.350 e. The summed E-state index contributed by atoms with van der Waals surface area (Å²) in [6.07, 6.45) is -0.374. The highest BCUT2D eigenvalue weighted by molar-refractivity contribution is 5.63. The van der Waals surface area contributed by atoms with Gasteiger partial charge in [-0.3, -0.25) is 4.40 Å². The van der Waals surface area contributed by atoms with Gasteiger partial charge in [-0.2, -0.15) is 8.78 Å². The SMILES string of the molecule is CN1CCOc2cc(C#Cc3ccn4c(=O)n(CC(CN)=C(F)F)nc4c3)ccc21. The highest BCUT2D eigenvalue weighted by Crippen LogP contribution is 2.31. The summed E-state index contributed by atoms with van der Waals surface area (Å²) in [6.45, 7) is 0.760. The molecule has 1 aromatic carbocycles. The molecule has 1 aliphatic rings. The zero-order valence-electron chi connectivity index (χ0n) is 16.2. The van der Waals surface area contributed by atoms with Crippen LogP contribution in [0.3, 0.4) is 0 Å². The van der Waals surface area contributed by atoms with Crippen LogP contribution in [0, 0.1) is 11.8 Å². The molecule has 0 atom stereocenters. The first-order valence-electron chi connectivity index (χ1n) is 9.28. The highest BCUT2D eigenvalue weighted by Gasteiger charge is 2.14. The van der Waals surface area contributed by atoms with Crippen molar-refractivity contribution in [1.82, 2.24) is 14.2 Å². The lowest BCUT2D eigenvalue weighted by atomic mass is 10.1. The van der Waals surface area contributed by atoms with Gasteiger partial charge >= 0.3 is 5.69 Å². The molecule has 0 saturated carbocycles. The van der Waals surface area contributed by atoms with Crippen LogP contribution < -0.4 is 21.1 Å². The van der Waals surface area contributed by atoms with Crippen molar-refractivity contribution in [2.75, 3.05) is 31.6 Å². The Morgan fingerprint density at radius 2 is 2.00 bits per heavy atom. The molecule has 0 radical (unpaired) electrons. The number of rotatable bonds is 3. The summed E-state index contributed by atoms with van der Waals surface area (Å²) >= 11 is 0. The molecular formula is C21H19F2N5O2. The van der Waals surface area contributed by atoms with E-state index in [-0.39, 0.29) is 18.7 Å². The molecule has 2 aromatic heterocycles. The van der Waals surface area contributed by atoms with Crippen LogP contribution in [0.15, 0.2) is 53.0 Å². The van der Waals surface area contributed by atoms with Gasteiger partial charge in [-0.05, 0) is 30.3 Å². The lowest BCUT2D eigenvalue weighted by molar-refractivity contribution is 0.311. The maximum absolute atomic E-state index is 12.8. The third-order valence-electron chi connectivity index (χ3n) is 4.85. The van der Waals surface area contributed by atoms with Crippen LogP contribution in [0.1, 0.15) is 11.1 Å². The minimum absolute atomic E-state index is 0.317. The molecule has 0 spiro atoms. The lowest BCUT2D eigenvalue weighted by Crippen LogP contribution is -2.28. The zero-order valence-corrected chi connectivity index (χ0v) is 16.2. The Balaban J connectivity index is 1.63. The topological polar surface area (TPSA) is 77.8 Å². The van der Waals surface area contributed by atoms with Crippen molar-refractivity contribution in [1.29, 1.82) is 0 Å². The van der Waals surface area contributed by atoms with Crippen LogP contribution >= 0.6 is 0 Å². The zero-order chi connectivity index (χ0) is 21.3. The molecule has 9 heteroatoms. The standard InChI is InChI=1S/C21H19F2N5O2/c1-26-8-9-30-18-10-14(4-5-17(18)26)2-3-15-6-7-27-19(11-15)25-28(21(27)29)13-16(12-24)20(22)23/h4-7,10-11H,8-9,12-13,24H2,1H3. The van der Waals surface area contributed by atoms with E-state index in [1.807, 2.05) is 25.2 Å². The predicted molar refractivity (Wildman–Crippen MR) is 109 cm³/mol. The van der Waals surface area contributed by atoms with Gasteiger partial charge in [0.1, 0.15) is 12.4 Å². The maximum atomic E-state index is 12.8. The van der Waals surface area contributed by atoms with Gasteiger partial charge in [-0.25, -0.2) is 9.48 Å². The fraction of sp³-hybridized carbons (Fsp3) is 0.238. The van der Waals surface area contributed by atoms with Crippen LogP contribution in [0.25, 0.3) is 5.65 Å². The second-order valence-electron chi connectivity index (χ2n) is 6.85. The number of hydrogen-bond donors (Lipinski definition) is 1. The number of halogens is 2. The first-order valence-corrected chi connectivity index (χ1v) is 9.28. The van der Waals surface area contributed by atoms with E-state index < -0.39 is 11.8 Å². The van der Waals surface area contributed by atoms with E-state index in [1.54, 1.807) is 12.1 Å². The number of ether oxygens (including phenoxy) is 1. The first kappa shape index (κ1) is 19.7. The fourth-order valence-electron chi connectivity index (χ4n) is 3.16. The molecule has 2 N–H and O–H groups in total. The van der Waals surface area contributed by atoms with E-state index in [4.69, 9.17) is 10.5 Å². The van der Waals surface area contributed by atoms with E-state index >= 15 is 0 Å².